The van der Waals surface area contributed by atoms with Crippen LogP contribution < -0.4 is 19.8 Å². The Bertz CT molecular complexity index is 148. The van der Waals surface area contributed by atoms with E-state index in [1.165, 1.54) is 0 Å². The van der Waals surface area contributed by atoms with Crippen molar-refractivity contribution in [1.82, 2.24) is 0 Å². The van der Waals surface area contributed by atoms with Gasteiger partial charge in [-0.25, -0.2) is 0 Å². The summed E-state index contributed by atoms with van der Waals surface area (Å²) < 4.78 is 0. The number of halogens is 3. The molecule has 1 aromatic carbocycles. The summed E-state index contributed by atoms with van der Waals surface area (Å²) in [5.74, 6) is 0. The fraction of sp³-hybridized carbons (Fsp3) is 0. The van der Waals surface area contributed by atoms with Crippen LogP contribution in [-0.2, 0) is 0 Å². The Balaban J connectivity index is -0.0000000612. The third kappa shape index (κ3) is 8.87. The molecule has 0 aliphatic rings. The number of para-hydroxylation sites is 1. The molecule has 0 unspecified atom stereocenters. The van der Waals surface area contributed by atoms with Crippen molar-refractivity contribution in [2.45, 2.75) is 0 Å². The van der Waals surface area contributed by atoms with Crippen molar-refractivity contribution in [3.63, 3.8) is 0 Å². The summed E-state index contributed by atoms with van der Waals surface area (Å²) in [6.07, 6.45) is 0. The number of anilines is 1. The Labute approximate surface area is 65.3 Å². The van der Waals surface area contributed by atoms with E-state index in [0.717, 1.165) is 5.69 Å². The van der Waals surface area contributed by atoms with Gasteiger partial charge in [-0.05, 0) is 12.1 Å². The summed E-state index contributed by atoms with van der Waals surface area (Å²) in [5.41, 5.74) is 6.18. The zero-order valence-electron chi connectivity index (χ0n) is 5.68. The molecule has 11 heavy (non-hydrogen) atoms. The molecule has 0 bridgehead atoms. The number of hydrogen-bond acceptors (Lipinski definition) is 1. The van der Waals surface area contributed by atoms with Crippen molar-refractivity contribution in [3.8, 4) is 0 Å². The first-order valence-electron chi connectivity index (χ1n) is 2.20. The standard InChI is InChI=1S/C6H7N.B.3FH/c7-6-4-2-1-3-5-6;;;;/h1-5H,7H2;;3*1H/q;+3;;;/p-3. The monoisotopic (exact) mass is 161 g/mol. The molecular weight excluding hydrogens is 154 g/mol. The van der Waals surface area contributed by atoms with Crippen LogP contribution in [0.25, 0.3) is 0 Å². The van der Waals surface area contributed by atoms with Crippen molar-refractivity contribution < 1.29 is 14.1 Å². The Morgan fingerprint density at radius 2 is 1.18 bits per heavy atom. The average Bonchev–Trinajstić information content (AvgIpc) is 1.69. The Morgan fingerprint density at radius 1 is 0.818 bits per heavy atom. The van der Waals surface area contributed by atoms with Gasteiger partial charge in [0.15, 0.2) is 0 Å². The van der Waals surface area contributed by atoms with Crippen LogP contribution in [0.1, 0.15) is 0 Å². The summed E-state index contributed by atoms with van der Waals surface area (Å²) in [6.45, 7) is 0. The quantitative estimate of drug-likeness (QED) is 0.297. The minimum atomic E-state index is 0. The first-order chi connectivity index (χ1) is 3.39. The van der Waals surface area contributed by atoms with Gasteiger partial charge in [0.1, 0.15) is 0 Å². The average molecular weight is 161 g/mol. The Kier molecular flexibility index (Phi) is 23.9. The van der Waals surface area contributed by atoms with Gasteiger partial charge in [0, 0.05) is 5.69 Å². The molecule has 60 valence electrons. The third-order valence-electron chi connectivity index (χ3n) is 0.800. The van der Waals surface area contributed by atoms with Crippen molar-refractivity contribution in [2.24, 2.45) is 0 Å². The molecule has 1 rings (SSSR count). The van der Waals surface area contributed by atoms with Crippen LogP contribution in [0.5, 0.6) is 0 Å². The molecular formula is C6H7BF3N. The van der Waals surface area contributed by atoms with E-state index in [4.69, 9.17) is 5.73 Å². The minimum absolute atomic E-state index is 0. The van der Waals surface area contributed by atoms with Gasteiger partial charge in [-0.1, -0.05) is 18.2 Å². The van der Waals surface area contributed by atoms with E-state index in [1.807, 2.05) is 30.3 Å². The maximum atomic E-state index is 5.36. The van der Waals surface area contributed by atoms with E-state index in [-0.39, 0.29) is 22.5 Å². The van der Waals surface area contributed by atoms with Gasteiger partial charge < -0.3 is 19.8 Å². The second-order valence-corrected chi connectivity index (χ2v) is 1.41. The second kappa shape index (κ2) is 11.6. The Hall–Kier alpha value is -1.13. The van der Waals surface area contributed by atoms with Crippen LogP contribution in [-0.4, -0.2) is 8.41 Å². The molecule has 0 aromatic heterocycles. The molecule has 0 amide bonds. The minimum Gasteiger partial charge on any atom is -1.00 e. The summed E-state index contributed by atoms with van der Waals surface area (Å²) in [5, 5.41) is 0. The number of benzene rings is 1. The van der Waals surface area contributed by atoms with Crippen LogP contribution in [0.2, 0.25) is 0 Å². The largest absolute Gasteiger partial charge is 3.00 e. The zero-order valence-corrected chi connectivity index (χ0v) is 5.68. The molecule has 0 saturated carbocycles. The fourth-order valence-corrected chi connectivity index (χ4v) is 0.453. The Morgan fingerprint density at radius 3 is 1.36 bits per heavy atom. The van der Waals surface area contributed by atoms with Crippen LogP contribution in [0.15, 0.2) is 30.3 Å². The van der Waals surface area contributed by atoms with Crippen molar-refractivity contribution in [1.29, 1.82) is 0 Å². The molecule has 0 fully saturated rings. The topological polar surface area (TPSA) is 26.0 Å². The van der Waals surface area contributed by atoms with Crippen molar-refractivity contribution >= 4 is 14.1 Å². The van der Waals surface area contributed by atoms with Gasteiger partial charge in [0.2, 0.25) is 0 Å². The first-order valence-corrected chi connectivity index (χ1v) is 2.20. The molecule has 0 aliphatic carbocycles. The molecule has 0 aliphatic heterocycles. The molecule has 2 N–H and O–H groups in total. The smallest absolute Gasteiger partial charge is 1.00 e. The predicted molar refractivity (Wildman–Crippen MR) is 36.6 cm³/mol. The van der Waals surface area contributed by atoms with Gasteiger partial charge in [0.05, 0.1) is 0 Å². The van der Waals surface area contributed by atoms with E-state index < -0.39 is 0 Å². The number of rotatable bonds is 0. The molecule has 0 radical (unpaired) electrons. The molecule has 1 aromatic rings. The van der Waals surface area contributed by atoms with Crippen LogP contribution >= 0.6 is 0 Å². The van der Waals surface area contributed by atoms with E-state index in [0.29, 0.717) is 0 Å². The second-order valence-electron chi connectivity index (χ2n) is 1.41. The van der Waals surface area contributed by atoms with Crippen molar-refractivity contribution in [3.05, 3.63) is 30.3 Å². The normalized spacial score (nSPS) is 5.45. The fourth-order valence-electron chi connectivity index (χ4n) is 0.453. The number of nitrogen functional groups attached to an aromatic ring is 1. The van der Waals surface area contributed by atoms with Gasteiger partial charge in [-0.3, -0.25) is 0 Å². The van der Waals surface area contributed by atoms with Gasteiger partial charge in [0.25, 0.3) is 0 Å². The molecule has 0 spiro atoms. The number of nitrogens with two attached hydrogens (primary N) is 1. The molecule has 1 nitrogen and oxygen atoms in total. The molecule has 0 atom stereocenters. The van der Waals surface area contributed by atoms with Crippen LogP contribution in [0.4, 0.5) is 5.69 Å². The van der Waals surface area contributed by atoms with Crippen LogP contribution in [0.3, 0.4) is 0 Å². The van der Waals surface area contributed by atoms with E-state index >= 15 is 0 Å². The predicted octanol–water partition coefficient (Wildman–Crippen LogP) is -8.10. The summed E-state index contributed by atoms with van der Waals surface area (Å²) >= 11 is 0. The molecule has 0 heterocycles. The van der Waals surface area contributed by atoms with Gasteiger partial charge in [-0.15, -0.1) is 0 Å². The summed E-state index contributed by atoms with van der Waals surface area (Å²) in [4.78, 5) is 0. The molecule has 0 saturated heterocycles. The van der Waals surface area contributed by atoms with E-state index in [9.17, 15) is 0 Å². The van der Waals surface area contributed by atoms with E-state index in [1.54, 1.807) is 0 Å². The SMILES string of the molecule is Nc1ccccc1.[B+3].[F-].[F-].[F-]. The van der Waals surface area contributed by atoms with Crippen molar-refractivity contribution in [2.75, 3.05) is 5.73 Å². The van der Waals surface area contributed by atoms with Gasteiger partial charge >= 0.3 is 8.41 Å². The maximum Gasteiger partial charge on any atom is 3.00 e. The van der Waals surface area contributed by atoms with Crippen LogP contribution in [0, 0.1) is 0 Å². The summed E-state index contributed by atoms with van der Waals surface area (Å²) in [7, 11) is 0. The van der Waals surface area contributed by atoms with E-state index in [2.05, 4.69) is 0 Å². The zero-order chi connectivity index (χ0) is 5.11. The number of hydrogen-bond donors (Lipinski definition) is 1. The van der Waals surface area contributed by atoms with Gasteiger partial charge in [-0.2, -0.15) is 0 Å². The first kappa shape index (κ1) is 22.5. The molecule has 5 heteroatoms. The maximum absolute atomic E-state index is 5.36. The summed E-state index contributed by atoms with van der Waals surface area (Å²) in [6, 6.07) is 9.49. The third-order valence-corrected chi connectivity index (χ3v) is 0.800.